The van der Waals surface area contributed by atoms with E-state index in [9.17, 15) is 52.8 Å². The van der Waals surface area contributed by atoms with E-state index in [1.807, 2.05) is 35.1 Å². The summed E-state index contributed by atoms with van der Waals surface area (Å²) in [6.45, 7) is 2.80. The largest absolute Gasteiger partial charge is 0.490 e. The number of aryl methyl sites for hydroxylation is 3. The molecular weight excluding hydrogens is 1010 g/mol. The molecule has 0 aliphatic carbocycles. The van der Waals surface area contributed by atoms with E-state index in [1.54, 1.807) is 66.7 Å². The molecule has 0 unspecified atom stereocenters. The summed E-state index contributed by atoms with van der Waals surface area (Å²) in [6, 6.07) is 33.0. The Morgan fingerprint density at radius 3 is 1.26 bits per heavy atom. The summed E-state index contributed by atoms with van der Waals surface area (Å²) in [6.07, 6.45) is -7.83. The summed E-state index contributed by atoms with van der Waals surface area (Å²) in [5.41, 5.74) is -0.552. The number of benzene rings is 6. The Morgan fingerprint density at radius 1 is 0.493 bits per heavy atom. The fraction of sp³-hybridized carbons (Fsp3) is 0.255. The Kier molecular flexibility index (Phi) is 19.9. The van der Waals surface area contributed by atoms with Crippen molar-refractivity contribution in [3.05, 3.63) is 167 Å². The van der Waals surface area contributed by atoms with Gasteiger partial charge < -0.3 is 29.2 Å². The Labute approximate surface area is 417 Å². The first kappa shape index (κ1) is 56.5. The predicted molar refractivity (Wildman–Crippen MR) is 258 cm³/mol. The third kappa shape index (κ3) is 18.3. The van der Waals surface area contributed by atoms with Crippen molar-refractivity contribution in [2.45, 2.75) is 67.6 Å². The number of alkyl halides is 6. The van der Waals surface area contributed by atoms with Crippen LogP contribution < -0.4 is 28.4 Å². The Hall–Kier alpha value is -7.46. The van der Waals surface area contributed by atoms with Crippen LogP contribution in [0.2, 0.25) is 0 Å². The van der Waals surface area contributed by atoms with Gasteiger partial charge in [0.1, 0.15) is 49.4 Å². The third-order valence-electron chi connectivity index (χ3n) is 10.2. The molecule has 6 rings (SSSR count). The summed E-state index contributed by atoms with van der Waals surface area (Å²) >= 11 is 0. The molecule has 0 bridgehead atoms. The minimum atomic E-state index is -5.20. The van der Waals surface area contributed by atoms with Gasteiger partial charge in [-0.15, -0.1) is 0 Å². The second kappa shape index (κ2) is 25.8. The number of carbonyl (C=O) groups is 2. The van der Waals surface area contributed by atoms with Crippen LogP contribution in [0.15, 0.2) is 149 Å². The average Bonchev–Trinajstić information content (AvgIpc) is 3.34. The molecule has 390 valence electrons. The van der Waals surface area contributed by atoms with Crippen LogP contribution in [0.5, 0.6) is 23.0 Å². The maximum absolute atomic E-state index is 13.1. The highest BCUT2D eigenvalue weighted by Crippen LogP contribution is 2.38. The summed E-state index contributed by atoms with van der Waals surface area (Å²) in [5.74, 6) is 0.192. The predicted octanol–water partition coefficient (Wildman–Crippen LogP) is 10.9. The van der Waals surface area contributed by atoms with E-state index in [0.29, 0.717) is 34.9 Å². The Morgan fingerprint density at radius 2 is 0.877 bits per heavy atom. The van der Waals surface area contributed by atoms with Crippen molar-refractivity contribution in [2.24, 2.45) is 0 Å². The molecule has 0 radical (unpaired) electrons. The van der Waals surface area contributed by atoms with Gasteiger partial charge in [-0.05, 0) is 127 Å². The maximum atomic E-state index is 13.1. The van der Waals surface area contributed by atoms with E-state index in [4.69, 9.17) is 29.2 Å². The molecule has 4 N–H and O–H groups in total. The highest BCUT2D eigenvalue weighted by molar-refractivity contribution is 7.93. The van der Waals surface area contributed by atoms with Gasteiger partial charge in [-0.2, -0.15) is 26.3 Å². The number of nitrogens with one attached hydrogen (secondary N) is 2. The lowest BCUT2D eigenvalue weighted by Crippen LogP contribution is -2.17. The summed E-state index contributed by atoms with van der Waals surface area (Å²) < 4.78 is 156. The molecule has 6 aromatic carbocycles. The van der Waals surface area contributed by atoms with Crippen molar-refractivity contribution in [3.63, 3.8) is 0 Å². The van der Waals surface area contributed by atoms with Crippen LogP contribution in [0.1, 0.15) is 54.0 Å². The van der Waals surface area contributed by atoms with Gasteiger partial charge >= 0.3 is 24.3 Å². The molecule has 0 aromatic heterocycles. The number of anilines is 2. The summed E-state index contributed by atoms with van der Waals surface area (Å²) in [5, 5.41) is 17.7. The van der Waals surface area contributed by atoms with Crippen molar-refractivity contribution >= 4 is 43.4 Å². The standard InChI is InChI=1S/C26H29NO6S.C25H21F6NO6S/c1-2-5-20-8-15-24(16-9-20)34(30,31)27-22-11-13-23(14-12-22)32-18-19-33-25-7-4-3-6-21(25)10-17-26(28)29;26-24(27,28)17-13-18(25(29,30)31)15-21(14-17)39(35,36)32-19-6-8-20(9-7-19)37-11-12-38-22-4-2-1-3-16(22)5-10-23(33)34/h3-4,6-9,11-16,27H,2,5,10,17-19H2,1H3,(H,28,29);1-4,6-9,13-15,32H,5,10-12H2,(H,33,34). The van der Waals surface area contributed by atoms with Gasteiger partial charge in [0.05, 0.1) is 20.9 Å². The number of ether oxygens (including phenoxy) is 4. The van der Waals surface area contributed by atoms with Crippen molar-refractivity contribution in [1.29, 1.82) is 0 Å². The van der Waals surface area contributed by atoms with Crippen LogP contribution in [0.3, 0.4) is 0 Å². The van der Waals surface area contributed by atoms with Gasteiger partial charge in [0.25, 0.3) is 20.0 Å². The number of carboxylic acid groups (broad SMARTS) is 2. The first-order valence-electron chi connectivity index (χ1n) is 22.3. The molecule has 0 atom stereocenters. The van der Waals surface area contributed by atoms with Crippen molar-refractivity contribution < 1.29 is 81.9 Å². The fourth-order valence-electron chi connectivity index (χ4n) is 6.68. The van der Waals surface area contributed by atoms with Crippen LogP contribution in [0, 0.1) is 0 Å². The van der Waals surface area contributed by atoms with E-state index in [-0.39, 0.29) is 80.2 Å². The zero-order valence-electron chi connectivity index (χ0n) is 38.9. The second-order valence-corrected chi connectivity index (χ2v) is 19.2. The molecule has 0 saturated carbocycles. The van der Waals surface area contributed by atoms with E-state index >= 15 is 0 Å². The first-order chi connectivity index (χ1) is 34.5. The lowest BCUT2D eigenvalue weighted by atomic mass is 10.1. The third-order valence-corrected chi connectivity index (χ3v) is 13.0. The molecule has 22 heteroatoms. The van der Waals surface area contributed by atoms with E-state index in [2.05, 4.69) is 11.6 Å². The monoisotopic (exact) mass is 1060 g/mol. The lowest BCUT2D eigenvalue weighted by molar-refractivity contribution is -0.143. The molecule has 14 nitrogen and oxygen atoms in total. The van der Waals surface area contributed by atoms with E-state index < -0.39 is 60.4 Å². The molecule has 0 heterocycles. The minimum absolute atomic E-state index is 0.0388. The van der Waals surface area contributed by atoms with Crippen molar-refractivity contribution in [1.82, 2.24) is 0 Å². The molecule has 0 aliphatic heterocycles. The molecular formula is C51H50F6N2O12S2. The number of rotatable bonds is 24. The molecule has 0 aliphatic rings. The fourth-order valence-corrected chi connectivity index (χ4v) is 8.87. The van der Waals surface area contributed by atoms with Gasteiger partial charge in [0, 0.05) is 24.2 Å². The first-order valence-corrected chi connectivity index (χ1v) is 25.2. The minimum Gasteiger partial charge on any atom is -0.490 e. The van der Waals surface area contributed by atoms with Gasteiger partial charge in [-0.1, -0.05) is 61.9 Å². The van der Waals surface area contributed by atoms with Crippen LogP contribution in [0.25, 0.3) is 0 Å². The maximum Gasteiger partial charge on any atom is 0.416 e. The molecule has 0 fully saturated rings. The number of carboxylic acids is 2. The number of para-hydroxylation sites is 2. The highest BCUT2D eigenvalue weighted by atomic mass is 32.2. The van der Waals surface area contributed by atoms with Gasteiger partial charge in [-0.3, -0.25) is 19.0 Å². The SMILES string of the molecule is CCCc1ccc(S(=O)(=O)Nc2ccc(OCCOc3ccccc3CCC(=O)O)cc2)cc1.O=C(O)CCc1ccccc1OCCOc1ccc(NS(=O)(=O)c2cc(C(F)(F)F)cc(C(F)(F)F)c2)cc1. The number of hydrogen-bond donors (Lipinski definition) is 4. The highest BCUT2D eigenvalue weighted by Gasteiger charge is 2.38. The molecule has 0 spiro atoms. The zero-order chi connectivity index (χ0) is 53.2. The summed E-state index contributed by atoms with van der Waals surface area (Å²) in [4.78, 5) is 20.6. The molecule has 73 heavy (non-hydrogen) atoms. The van der Waals surface area contributed by atoms with Gasteiger partial charge in [0.15, 0.2) is 0 Å². The second-order valence-electron chi connectivity index (χ2n) is 15.8. The number of halogens is 6. The Balaban J connectivity index is 0.000000273. The smallest absolute Gasteiger partial charge is 0.416 e. The molecule has 0 amide bonds. The van der Waals surface area contributed by atoms with Crippen LogP contribution in [0.4, 0.5) is 37.7 Å². The van der Waals surface area contributed by atoms with E-state index in [0.717, 1.165) is 24.0 Å². The number of aliphatic carboxylic acids is 2. The van der Waals surface area contributed by atoms with Crippen LogP contribution in [-0.4, -0.2) is 65.4 Å². The molecule has 6 aromatic rings. The van der Waals surface area contributed by atoms with Crippen LogP contribution in [-0.2, 0) is 61.3 Å². The van der Waals surface area contributed by atoms with Crippen molar-refractivity contribution in [2.75, 3.05) is 35.9 Å². The normalized spacial score (nSPS) is 11.7. The Bertz CT molecular complexity index is 2960. The van der Waals surface area contributed by atoms with Crippen molar-refractivity contribution in [3.8, 4) is 23.0 Å². The zero-order valence-corrected chi connectivity index (χ0v) is 40.5. The van der Waals surface area contributed by atoms with Gasteiger partial charge in [0.2, 0.25) is 0 Å². The van der Waals surface area contributed by atoms with Crippen LogP contribution >= 0.6 is 0 Å². The van der Waals surface area contributed by atoms with Gasteiger partial charge in [-0.25, -0.2) is 16.8 Å². The summed E-state index contributed by atoms with van der Waals surface area (Å²) in [7, 11) is -8.48. The van der Waals surface area contributed by atoms with E-state index in [1.165, 1.54) is 24.3 Å². The molecule has 0 saturated heterocycles. The lowest BCUT2D eigenvalue weighted by Gasteiger charge is -2.15. The average molecular weight is 1060 g/mol. The topological polar surface area (TPSA) is 204 Å². The number of hydrogen-bond acceptors (Lipinski definition) is 10. The number of sulfonamides is 2. The quantitative estimate of drug-likeness (QED) is 0.0330.